The predicted molar refractivity (Wildman–Crippen MR) is 105 cm³/mol. The highest BCUT2D eigenvalue weighted by Crippen LogP contribution is 2.48. The maximum atomic E-state index is 12.6. The topological polar surface area (TPSA) is 64.1 Å². The molecule has 0 saturated heterocycles. The zero-order chi connectivity index (χ0) is 21.3. The average Bonchev–Trinajstić information content (AvgIpc) is 3.53. The molecule has 3 aromatic rings. The van der Waals surface area contributed by atoms with E-state index >= 15 is 0 Å². The SMILES string of the molecule is C[C@@H](NC(=O)C1CC1c1ccc2ncccc2c1)c1ccc(OCC(F)(F)F)nc1. The van der Waals surface area contributed by atoms with Gasteiger partial charge in [0.15, 0.2) is 6.61 Å². The van der Waals surface area contributed by atoms with Crippen LogP contribution in [0.5, 0.6) is 5.88 Å². The Kier molecular flexibility index (Phi) is 5.32. The number of halogens is 3. The number of hydrogen-bond donors (Lipinski definition) is 1. The van der Waals surface area contributed by atoms with Gasteiger partial charge in [0, 0.05) is 29.8 Å². The van der Waals surface area contributed by atoms with Crippen molar-refractivity contribution in [1.82, 2.24) is 15.3 Å². The number of alkyl halides is 3. The Morgan fingerprint density at radius 2 is 2.07 bits per heavy atom. The van der Waals surface area contributed by atoms with Crippen LogP contribution >= 0.6 is 0 Å². The maximum absolute atomic E-state index is 12.6. The van der Waals surface area contributed by atoms with E-state index in [-0.39, 0.29) is 29.7 Å². The Bertz CT molecular complexity index is 1050. The molecule has 1 aliphatic rings. The molecule has 0 radical (unpaired) electrons. The highest BCUT2D eigenvalue weighted by molar-refractivity contribution is 5.84. The molecule has 156 valence electrons. The lowest BCUT2D eigenvalue weighted by Gasteiger charge is -2.15. The van der Waals surface area contributed by atoms with Crippen LogP contribution < -0.4 is 10.1 Å². The minimum absolute atomic E-state index is 0.0452. The number of amides is 1. The highest BCUT2D eigenvalue weighted by Gasteiger charge is 2.44. The van der Waals surface area contributed by atoms with Crippen molar-refractivity contribution in [3.8, 4) is 5.88 Å². The molecule has 1 saturated carbocycles. The molecule has 2 unspecified atom stereocenters. The van der Waals surface area contributed by atoms with Gasteiger partial charge in [0.2, 0.25) is 11.8 Å². The monoisotopic (exact) mass is 415 g/mol. The summed E-state index contributed by atoms with van der Waals surface area (Å²) in [5, 5.41) is 4.01. The molecule has 2 heterocycles. The maximum Gasteiger partial charge on any atom is 0.422 e. The van der Waals surface area contributed by atoms with E-state index in [2.05, 4.69) is 26.1 Å². The zero-order valence-corrected chi connectivity index (χ0v) is 16.2. The summed E-state index contributed by atoms with van der Waals surface area (Å²) >= 11 is 0. The molecule has 8 heteroatoms. The number of nitrogens with one attached hydrogen (secondary N) is 1. The quantitative estimate of drug-likeness (QED) is 0.642. The summed E-state index contributed by atoms with van der Waals surface area (Å²) in [6.07, 6.45) is -0.464. The Morgan fingerprint density at radius 1 is 1.23 bits per heavy atom. The predicted octanol–water partition coefficient (Wildman–Crippen LogP) is 4.55. The van der Waals surface area contributed by atoms with E-state index in [0.29, 0.717) is 5.56 Å². The first-order valence-electron chi connectivity index (χ1n) is 9.61. The number of hydrogen-bond acceptors (Lipinski definition) is 4. The van der Waals surface area contributed by atoms with Crippen LogP contribution in [0, 0.1) is 5.92 Å². The summed E-state index contributed by atoms with van der Waals surface area (Å²) in [7, 11) is 0. The molecule has 0 aliphatic heterocycles. The molecule has 3 atom stereocenters. The molecule has 5 nitrogen and oxygen atoms in total. The molecule has 1 N–H and O–H groups in total. The molecule has 1 aliphatic carbocycles. The van der Waals surface area contributed by atoms with Crippen LogP contribution in [0.2, 0.25) is 0 Å². The third-order valence-corrected chi connectivity index (χ3v) is 5.18. The number of benzene rings is 1. The second kappa shape index (κ2) is 7.93. The first-order chi connectivity index (χ1) is 14.3. The van der Waals surface area contributed by atoms with Gasteiger partial charge in [-0.25, -0.2) is 4.98 Å². The lowest BCUT2D eigenvalue weighted by molar-refractivity contribution is -0.154. The fourth-order valence-electron chi connectivity index (χ4n) is 3.47. The lowest BCUT2D eigenvalue weighted by atomic mass is 10.1. The number of fused-ring (bicyclic) bond motifs is 1. The Hall–Kier alpha value is -3.16. The molecule has 0 bridgehead atoms. The van der Waals surface area contributed by atoms with Crippen LogP contribution in [0.15, 0.2) is 54.9 Å². The van der Waals surface area contributed by atoms with Gasteiger partial charge in [-0.05, 0) is 48.6 Å². The molecule has 2 aromatic heterocycles. The summed E-state index contributed by atoms with van der Waals surface area (Å²) in [6.45, 7) is 0.420. The van der Waals surface area contributed by atoms with Crippen LogP contribution in [-0.2, 0) is 4.79 Å². The van der Waals surface area contributed by atoms with Gasteiger partial charge < -0.3 is 10.1 Å². The van der Waals surface area contributed by atoms with Gasteiger partial charge in [-0.2, -0.15) is 13.2 Å². The number of nitrogens with zero attached hydrogens (tertiary/aromatic N) is 2. The van der Waals surface area contributed by atoms with Crippen molar-refractivity contribution in [3.63, 3.8) is 0 Å². The number of carbonyl (C=O) groups excluding carboxylic acids is 1. The van der Waals surface area contributed by atoms with Crippen molar-refractivity contribution in [1.29, 1.82) is 0 Å². The van der Waals surface area contributed by atoms with Gasteiger partial charge in [0.05, 0.1) is 11.6 Å². The van der Waals surface area contributed by atoms with Gasteiger partial charge in [-0.3, -0.25) is 9.78 Å². The van der Waals surface area contributed by atoms with E-state index in [9.17, 15) is 18.0 Å². The van der Waals surface area contributed by atoms with Crippen molar-refractivity contribution in [2.24, 2.45) is 5.92 Å². The first kappa shape index (κ1) is 20.1. The normalized spacial score (nSPS) is 19.3. The molecule has 4 rings (SSSR count). The third kappa shape index (κ3) is 4.69. The van der Waals surface area contributed by atoms with Crippen molar-refractivity contribution in [2.75, 3.05) is 6.61 Å². The fraction of sp³-hybridized carbons (Fsp3) is 0.318. The summed E-state index contributed by atoms with van der Waals surface area (Å²) in [6, 6.07) is 12.6. The summed E-state index contributed by atoms with van der Waals surface area (Å²) < 4.78 is 41.2. The van der Waals surface area contributed by atoms with Crippen LogP contribution in [0.3, 0.4) is 0 Å². The van der Waals surface area contributed by atoms with Crippen LogP contribution in [0.25, 0.3) is 10.9 Å². The van der Waals surface area contributed by atoms with Crippen LogP contribution in [-0.4, -0.2) is 28.7 Å². The molecule has 0 spiro atoms. The number of ether oxygens (including phenoxy) is 1. The average molecular weight is 415 g/mol. The molecular formula is C22H20F3N3O2. The van der Waals surface area contributed by atoms with Gasteiger partial charge in [-0.15, -0.1) is 0 Å². The van der Waals surface area contributed by atoms with E-state index in [1.54, 1.807) is 12.3 Å². The van der Waals surface area contributed by atoms with E-state index in [1.807, 2.05) is 31.2 Å². The van der Waals surface area contributed by atoms with Gasteiger partial charge in [-0.1, -0.05) is 18.2 Å². The van der Waals surface area contributed by atoms with Gasteiger partial charge in [0.25, 0.3) is 0 Å². The number of carbonyl (C=O) groups is 1. The van der Waals surface area contributed by atoms with Crippen molar-refractivity contribution < 1.29 is 22.7 Å². The largest absolute Gasteiger partial charge is 0.468 e. The Labute approximate surface area is 171 Å². The van der Waals surface area contributed by atoms with Crippen molar-refractivity contribution >= 4 is 16.8 Å². The van der Waals surface area contributed by atoms with Gasteiger partial charge >= 0.3 is 6.18 Å². The number of aromatic nitrogens is 2. The number of pyridine rings is 2. The first-order valence-corrected chi connectivity index (χ1v) is 9.61. The summed E-state index contributed by atoms with van der Waals surface area (Å²) in [4.78, 5) is 20.8. The second-order valence-corrected chi connectivity index (χ2v) is 7.47. The lowest BCUT2D eigenvalue weighted by Crippen LogP contribution is -2.28. The summed E-state index contributed by atoms with van der Waals surface area (Å²) in [5.74, 6) is -0.0687. The zero-order valence-electron chi connectivity index (χ0n) is 16.2. The van der Waals surface area contributed by atoms with Crippen LogP contribution in [0.1, 0.15) is 36.4 Å². The van der Waals surface area contributed by atoms with Crippen molar-refractivity contribution in [2.45, 2.75) is 31.5 Å². The minimum Gasteiger partial charge on any atom is -0.468 e. The van der Waals surface area contributed by atoms with E-state index in [1.165, 1.54) is 12.3 Å². The molecule has 1 fully saturated rings. The van der Waals surface area contributed by atoms with E-state index in [0.717, 1.165) is 22.9 Å². The van der Waals surface area contributed by atoms with E-state index in [4.69, 9.17) is 0 Å². The third-order valence-electron chi connectivity index (χ3n) is 5.18. The molecule has 1 amide bonds. The van der Waals surface area contributed by atoms with E-state index < -0.39 is 12.8 Å². The molecule has 1 aromatic carbocycles. The highest BCUT2D eigenvalue weighted by atomic mass is 19.4. The standard InChI is InChI=1S/C22H20F3N3O2/c1-13(16-5-7-20(27-11-16)30-12-22(23,24)25)28-21(29)18-10-17(18)14-4-6-19-15(9-14)3-2-8-26-19/h2-9,11,13,17-18H,10,12H2,1H3,(H,28,29)/t13-,17?,18?/m1/s1. The minimum atomic E-state index is -4.41. The van der Waals surface area contributed by atoms with Crippen molar-refractivity contribution in [3.05, 3.63) is 66.0 Å². The molecule has 30 heavy (non-hydrogen) atoms. The van der Waals surface area contributed by atoms with Crippen LogP contribution in [0.4, 0.5) is 13.2 Å². The smallest absolute Gasteiger partial charge is 0.422 e. The fourth-order valence-corrected chi connectivity index (χ4v) is 3.47. The van der Waals surface area contributed by atoms with Gasteiger partial charge in [0.1, 0.15) is 0 Å². The second-order valence-electron chi connectivity index (χ2n) is 7.47. The number of rotatable bonds is 6. The summed E-state index contributed by atoms with van der Waals surface area (Å²) in [5.41, 5.74) is 2.74. The Balaban J connectivity index is 1.33. The molecular weight excluding hydrogens is 395 g/mol. The Morgan fingerprint density at radius 3 is 2.80 bits per heavy atom.